The Morgan fingerprint density at radius 1 is 1.00 bits per heavy atom. The van der Waals surface area contributed by atoms with E-state index in [1.54, 1.807) is 24.3 Å². The number of carbonyl (C=O) groups is 2. The fourth-order valence-corrected chi connectivity index (χ4v) is 2.38. The number of rotatable bonds is 3. The standard InChI is InChI=1S/C16H16FNO4/c1-18-8-12(15(19)21-2)14(13(9-18)16(20)22-3)10-4-6-11(17)7-5-10/h4-9,14H,1-3H3. The van der Waals surface area contributed by atoms with E-state index >= 15 is 0 Å². The normalized spacial score (nSPS) is 15.0. The maximum atomic E-state index is 13.1. The zero-order valence-corrected chi connectivity index (χ0v) is 12.5. The summed E-state index contributed by atoms with van der Waals surface area (Å²) in [5.74, 6) is -2.19. The van der Waals surface area contributed by atoms with Crippen LogP contribution in [-0.4, -0.2) is 38.1 Å². The van der Waals surface area contributed by atoms with Crippen molar-refractivity contribution >= 4 is 11.9 Å². The van der Waals surface area contributed by atoms with Crippen LogP contribution in [0.5, 0.6) is 0 Å². The largest absolute Gasteiger partial charge is 0.466 e. The van der Waals surface area contributed by atoms with Crippen LogP contribution in [-0.2, 0) is 19.1 Å². The van der Waals surface area contributed by atoms with Crippen LogP contribution in [0.3, 0.4) is 0 Å². The molecule has 1 aromatic carbocycles. The second-order valence-corrected chi connectivity index (χ2v) is 4.80. The number of esters is 2. The number of carbonyl (C=O) groups excluding carboxylic acids is 2. The summed E-state index contributed by atoms with van der Waals surface area (Å²) in [6, 6.07) is 5.60. The summed E-state index contributed by atoms with van der Waals surface area (Å²) < 4.78 is 22.7. The minimum absolute atomic E-state index is 0.277. The number of hydrogen-bond acceptors (Lipinski definition) is 5. The second-order valence-electron chi connectivity index (χ2n) is 4.80. The van der Waals surface area contributed by atoms with E-state index in [9.17, 15) is 14.0 Å². The lowest BCUT2D eigenvalue weighted by Crippen LogP contribution is -2.27. The third kappa shape index (κ3) is 3.00. The van der Waals surface area contributed by atoms with Crippen LogP contribution in [0.15, 0.2) is 47.8 Å². The van der Waals surface area contributed by atoms with Crippen LogP contribution < -0.4 is 0 Å². The molecule has 2 rings (SSSR count). The van der Waals surface area contributed by atoms with Crippen LogP contribution >= 0.6 is 0 Å². The molecule has 0 amide bonds. The summed E-state index contributed by atoms with van der Waals surface area (Å²) in [6.07, 6.45) is 3.15. The van der Waals surface area contributed by atoms with Crippen LogP contribution in [0.1, 0.15) is 11.5 Å². The molecule has 0 aromatic heterocycles. The van der Waals surface area contributed by atoms with Crippen molar-refractivity contribution in [2.75, 3.05) is 21.3 Å². The van der Waals surface area contributed by atoms with Gasteiger partial charge in [0.1, 0.15) is 5.82 Å². The predicted molar refractivity (Wildman–Crippen MR) is 77.1 cm³/mol. The van der Waals surface area contributed by atoms with Gasteiger partial charge in [0.2, 0.25) is 0 Å². The van der Waals surface area contributed by atoms with Gasteiger partial charge in [-0.1, -0.05) is 12.1 Å². The van der Waals surface area contributed by atoms with E-state index in [-0.39, 0.29) is 11.1 Å². The summed E-state index contributed by atoms with van der Waals surface area (Å²) in [7, 11) is 4.22. The van der Waals surface area contributed by atoms with Gasteiger partial charge < -0.3 is 14.4 Å². The van der Waals surface area contributed by atoms with E-state index in [2.05, 4.69) is 0 Å². The Kier molecular flexibility index (Phi) is 4.60. The maximum absolute atomic E-state index is 13.1. The summed E-state index contributed by atoms with van der Waals surface area (Å²) >= 11 is 0. The number of halogens is 1. The zero-order valence-electron chi connectivity index (χ0n) is 12.5. The topological polar surface area (TPSA) is 55.8 Å². The summed E-state index contributed by atoms with van der Waals surface area (Å²) in [4.78, 5) is 25.7. The van der Waals surface area contributed by atoms with Crippen molar-refractivity contribution in [1.82, 2.24) is 4.90 Å². The molecule has 1 aliphatic rings. The molecule has 5 nitrogen and oxygen atoms in total. The van der Waals surface area contributed by atoms with Gasteiger partial charge in [0, 0.05) is 19.4 Å². The Morgan fingerprint density at radius 3 is 1.86 bits per heavy atom. The fraction of sp³-hybridized carbons (Fsp3) is 0.250. The first-order valence-corrected chi connectivity index (χ1v) is 6.55. The number of ether oxygens (including phenoxy) is 2. The first-order chi connectivity index (χ1) is 10.5. The van der Waals surface area contributed by atoms with E-state index in [0.717, 1.165) is 0 Å². The molecule has 0 unspecified atom stereocenters. The Hall–Kier alpha value is -2.63. The number of methoxy groups -OCH3 is 2. The highest BCUT2D eigenvalue weighted by Gasteiger charge is 2.34. The number of nitrogens with zero attached hydrogens (tertiary/aromatic N) is 1. The molecule has 0 N–H and O–H groups in total. The van der Waals surface area contributed by atoms with Gasteiger partial charge in [-0.15, -0.1) is 0 Å². The van der Waals surface area contributed by atoms with Gasteiger partial charge in [-0.3, -0.25) is 0 Å². The molecule has 22 heavy (non-hydrogen) atoms. The molecule has 0 saturated carbocycles. The minimum Gasteiger partial charge on any atom is -0.466 e. The first-order valence-electron chi connectivity index (χ1n) is 6.55. The van der Waals surface area contributed by atoms with Gasteiger partial charge in [-0.2, -0.15) is 0 Å². The Morgan fingerprint density at radius 2 is 1.45 bits per heavy atom. The molecule has 0 bridgehead atoms. The third-order valence-electron chi connectivity index (χ3n) is 3.35. The third-order valence-corrected chi connectivity index (χ3v) is 3.35. The molecule has 1 aromatic rings. The summed E-state index contributed by atoms with van der Waals surface area (Å²) in [6.45, 7) is 0. The van der Waals surface area contributed by atoms with Crippen molar-refractivity contribution < 1.29 is 23.5 Å². The lowest BCUT2D eigenvalue weighted by Gasteiger charge is -2.28. The molecule has 0 spiro atoms. The zero-order chi connectivity index (χ0) is 16.3. The van der Waals surface area contributed by atoms with E-state index in [1.165, 1.54) is 38.5 Å². The maximum Gasteiger partial charge on any atom is 0.336 e. The lowest BCUT2D eigenvalue weighted by molar-refractivity contribution is -0.137. The van der Waals surface area contributed by atoms with Crippen molar-refractivity contribution in [3.63, 3.8) is 0 Å². The summed E-state index contributed by atoms with van der Waals surface area (Å²) in [5.41, 5.74) is 1.15. The molecular weight excluding hydrogens is 289 g/mol. The van der Waals surface area contributed by atoms with Crippen molar-refractivity contribution in [3.05, 3.63) is 59.2 Å². The van der Waals surface area contributed by atoms with E-state index < -0.39 is 23.7 Å². The Bertz CT molecular complexity index is 615. The van der Waals surface area contributed by atoms with Crippen molar-refractivity contribution in [2.24, 2.45) is 0 Å². The first kappa shape index (κ1) is 15.8. The summed E-state index contributed by atoms with van der Waals surface area (Å²) in [5, 5.41) is 0. The van der Waals surface area contributed by atoms with Crippen molar-refractivity contribution in [1.29, 1.82) is 0 Å². The van der Waals surface area contributed by atoms with Crippen LogP contribution in [0.2, 0.25) is 0 Å². The minimum atomic E-state index is -0.670. The van der Waals surface area contributed by atoms with Gasteiger partial charge in [0.15, 0.2) is 0 Å². The van der Waals surface area contributed by atoms with Crippen LogP contribution in [0.4, 0.5) is 4.39 Å². The van der Waals surface area contributed by atoms with Crippen molar-refractivity contribution in [2.45, 2.75) is 5.92 Å². The molecule has 0 radical (unpaired) electrons. The van der Waals surface area contributed by atoms with E-state index in [4.69, 9.17) is 9.47 Å². The average molecular weight is 305 g/mol. The van der Waals surface area contributed by atoms with Crippen LogP contribution in [0.25, 0.3) is 0 Å². The predicted octanol–water partition coefficient (Wildman–Crippen LogP) is 1.97. The van der Waals surface area contributed by atoms with Gasteiger partial charge in [-0.05, 0) is 17.7 Å². The average Bonchev–Trinajstić information content (AvgIpc) is 2.53. The van der Waals surface area contributed by atoms with Gasteiger partial charge in [0.05, 0.1) is 31.3 Å². The molecule has 1 aliphatic heterocycles. The van der Waals surface area contributed by atoms with E-state index in [0.29, 0.717) is 5.56 Å². The fourth-order valence-electron chi connectivity index (χ4n) is 2.38. The Labute approximate surface area is 127 Å². The van der Waals surface area contributed by atoms with Crippen LogP contribution in [0, 0.1) is 5.82 Å². The quantitative estimate of drug-likeness (QED) is 0.799. The van der Waals surface area contributed by atoms with Gasteiger partial charge in [0.25, 0.3) is 0 Å². The highest BCUT2D eigenvalue weighted by atomic mass is 19.1. The molecule has 0 atom stereocenters. The molecule has 1 heterocycles. The number of hydrogen-bond donors (Lipinski definition) is 0. The highest BCUT2D eigenvalue weighted by Crippen LogP contribution is 2.36. The molecule has 116 valence electrons. The highest BCUT2D eigenvalue weighted by molar-refractivity contribution is 5.98. The molecule has 0 saturated heterocycles. The lowest BCUT2D eigenvalue weighted by atomic mass is 9.83. The molecule has 0 aliphatic carbocycles. The monoisotopic (exact) mass is 305 g/mol. The number of benzene rings is 1. The molecule has 0 fully saturated rings. The molecule has 6 heteroatoms. The van der Waals surface area contributed by atoms with Gasteiger partial charge >= 0.3 is 11.9 Å². The van der Waals surface area contributed by atoms with Crippen molar-refractivity contribution in [3.8, 4) is 0 Å². The SMILES string of the molecule is COC(=O)C1=CN(C)C=C(C(=O)OC)C1c1ccc(F)cc1. The Balaban J connectivity index is 2.55. The molecular formula is C16H16FNO4. The van der Waals surface area contributed by atoms with E-state index in [1.807, 2.05) is 0 Å². The second kappa shape index (κ2) is 6.43. The smallest absolute Gasteiger partial charge is 0.336 e. The van der Waals surface area contributed by atoms with Gasteiger partial charge in [-0.25, -0.2) is 14.0 Å².